The smallest absolute Gasteiger partial charge is 0.191 e. The van der Waals surface area contributed by atoms with Crippen LogP contribution in [0.2, 0.25) is 0 Å². The van der Waals surface area contributed by atoms with Crippen LogP contribution in [-0.4, -0.2) is 24.5 Å². The number of hydrogen-bond donors (Lipinski definition) is 2. The van der Waals surface area contributed by atoms with Crippen molar-refractivity contribution in [2.45, 2.75) is 32.7 Å². The van der Waals surface area contributed by atoms with Crippen LogP contribution in [0.1, 0.15) is 29.3 Å². The Morgan fingerprint density at radius 2 is 1.96 bits per heavy atom. The largest absolute Gasteiger partial charge is 0.356 e. The molecule has 2 aromatic rings. The molecule has 2 N–H and O–H groups in total. The van der Waals surface area contributed by atoms with Crippen LogP contribution in [0.25, 0.3) is 0 Å². The molecule has 1 aromatic heterocycles. The van der Waals surface area contributed by atoms with E-state index in [0.717, 1.165) is 16.5 Å². The molecular formula is C17H23FN4S. The molecule has 0 saturated heterocycles. The molecule has 2 rings (SSSR count). The van der Waals surface area contributed by atoms with E-state index in [9.17, 15) is 4.39 Å². The van der Waals surface area contributed by atoms with Crippen molar-refractivity contribution in [1.29, 1.82) is 0 Å². The van der Waals surface area contributed by atoms with E-state index < -0.39 is 0 Å². The first-order valence-electron chi connectivity index (χ1n) is 7.52. The molecule has 23 heavy (non-hydrogen) atoms. The maximum Gasteiger partial charge on any atom is 0.191 e. The number of halogens is 1. The van der Waals surface area contributed by atoms with E-state index in [1.54, 1.807) is 18.4 Å². The molecule has 1 heterocycles. The van der Waals surface area contributed by atoms with E-state index in [-0.39, 0.29) is 11.2 Å². The zero-order valence-electron chi connectivity index (χ0n) is 14.0. The molecule has 0 aliphatic heterocycles. The number of rotatable bonds is 5. The van der Waals surface area contributed by atoms with Gasteiger partial charge in [-0.2, -0.15) is 0 Å². The second-order valence-corrected chi connectivity index (χ2v) is 7.35. The van der Waals surface area contributed by atoms with Gasteiger partial charge in [-0.25, -0.2) is 9.37 Å². The van der Waals surface area contributed by atoms with Crippen LogP contribution in [0.15, 0.2) is 35.5 Å². The summed E-state index contributed by atoms with van der Waals surface area (Å²) in [7, 11) is 1.74. The van der Waals surface area contributed by atoms with E-state index in [1.807, 2.05) is 25.3 Å². The highest BCUT2D eigenvalue weighted by Crippen LogP contribution is 2.22. The molecule has 0 amide bonds. The van der Waals surface area contributed by atoms with Gasteiger partial charge in [0.1, 0.15) is 10.8 Å². The lowest BCUT2D eigenvalue weighted by Crippen LogP contribution is -2.43. The predicted molar refractivity (Wildman–Crippen MR) is 94.5 cm³/mol. The van der Waals surface area contributed by atoms with E-state index >= 15 is 0 Å². The highest BCUT2D eigenvalue weighted by molar-refractivity contribution is 7.11. The van der Waals surface area contributed by atoms with Crippen molar-refractivity contribution in [3.8, 4) is 0 Å². The molecule has 6 heteroatoms. The number of guanidine groups is 1. The number of nitrogens with zero attached hydrogens (tertiary/aromatic N) is 2. The number of thiazole rings is 1. The van der Waals surface area contributed by atoms with Crippen molar-refractivity contribution in [3.63, 3.8) is 0 Å². The molecule has 0 saturated carbocycles. The Balaban J connectivity index is 1.90. The fourth-order valence-electron chi connectivity index (χ4n) is 2.17. The van der Waals surface area contributed by atoms with Crippen molar-refractivity contribution in [2.24, 2.45) is 4.99 Å². The summed E-state index contributed by atoms with van der Waals surface area (Å²) in [6.45, 7) is 7.61. The maximum atomic E-state index is 13.1. The van der Waals surface area contributed by atoms with Gasteiger partial charge >= 0.3 is 0 Å². The molecule has 0 spiro atoms. The van der Waals surface area contributed by atoms with E-state index in [2.05, 4.69) is 34.5 Å². The van der Waals surface area contributed by atoms with Crippen LogP contribution in [0, 0.1) is 12.7 Å². The first kappa shape index (κ1) is 17.4. The molecule has 0 fully saturated rings. The highest BCUT2D eigenvalue weighted by atomic mass is 32.1. The Labute approximate surface area is 140 Å². The molecule has 1 aromatic carbocycles. The topological polar surface area (TPSA) is 49.3 Å². The Hall–Kier alpha value is -1.95. The minimum absolute atomic E-state index is 0.136. The van der Waals surface area contributed by atoms with Gasteiger partial charge in [-0.3, -0.25) is 4.99 Å². The van der Waals surface area contributed by atoms with Crippen LogP contribution in [0.3, 0.4) is 0 Å². The molecule has 0 atom stereocenters. The Kier molecular flexibility index (Phi) is 5.71. The van der Waals surface area contributed by atoms with Crippen LogP contribution in [0.4, 0.5) is 4.39 Å². The average molecular weight is 334 g/mol. The summed E-state index contributed by atoms with van der Waals surface area (Å²) in [5, 5.41) is 7.61. The number of benzene rings is 1. The molecular weight excluding hydrogens is 311 g/mol. The second kappa shape index (κ2) is 7.55. The fraction of sp³-hybridized carbons (Fsp3) is 0.412. The Morgan fingerprint density at radius 1 is 1.26 bits per heavy atom. The monoisotopic (exact) mass is 334 g/mol. The van der Waals surface area contributed by atoms with Gasteiger partial charge in [-0.1, -0.05) is 26.0 Å². The number of aryl methyl sites for hydroxylation is 1. The molecule has 4 nitrogen and oxygen atoms in total. The lowest BCUT2D eigenvalue weighted by Gasteiger charge is -2.26. The van der Waals surface area contributed by atoms with Gasteiger partial charge in [-0.15, -0.1) is 11.3 Å². The standard InChI is InChI=1S/C17H23FN4S/c1-12-9-20-15(23-12)10-21-16(19-4)22-11-17(2,3)13-5-7-14(18)8-6-13/h5-9H,10-11H2,1-4H3,(H2,19,21,22). The third-order valence-electron chi connectivity index (χ3n) is 3.62. The van der Waals surface area contributed by atoms with Crippen LogP contribution in [0.5, 0.6) is 0 Å². The Morgan fingerprint density at radius 3 is 2.52 bits per heavy atom. The first-order chi connectivity index (χ1) is 10.9. The number of aliphatic imine (C=N–C) groups is 1. The number of hydrogen-bond acceptors (Lipinski definition) is 3. The zero-order valence-corrected chi connectivity index (χ0v) is 14.8. The summed E-state index contributed by atoms with van der Waals surface area (Å²) in [6.07, 6.45) is 1.87. The average Bonchev–Trinajstić information content (AvgIpc) is 2.93. The summed E-state index contributed by atoms with van der Waals surface area (Å²) in [4.78, 5) is 9.75. The second-order valence-electron chi connectivity index (χ2n) is 6.03. The minimum Gasteiger partial charge on any atom is -0.356 e. The molecule has 0 radical (unpaired) electrons. The van der Waals surface area contributed by atoms with Gasteiger partial charge in [0.2, 0.25) is 0 Å². The van der Waals surface area contributed by atoms with Gasteiger partial charge in [-0.05, 0) is 24.6 Å². The summed E-state index contributed by atoms with van der Waals surface area (Å²) in [6, 6.07) is 6.64. The van der Waals surface area contributed by atoms with Crippen molar-refractivity contribution in [1.82, 2.24) is 15.6 Å². The van der Waals surface area contributed by atoms with Crippen LogP contribution < -0.4 is 10.6 Å². The number of nitrogens with one attached hydrogen (secondary N) is 2. The van der Waals surface area contributed by atoms with E-state index in [0.29, 0.717) is 13.1 Å². The van der Waals surface area contributed by atoms with Gasteiger partial charge < -0.3 is 10.6 Å². The Bertz CT molecular complexity index is 661. The summed E-state index contributed by atoms with van der Waals surface area (Å²) in [5.41, 5.74) is 0.945. The van der Waals surface area contributed by atoms with Crippen molar-refractivity contribution >= 4 is 17.3 Å². The highest BCUT2D eigenvalue weighted by Gasteiger charge is 2.21. The molecule has 124 valence electrons. The lowest BCUT2D eigenvalue weighted by atomic mass is 9.84. The van der Waals surface area contributed by atoms with Crippen molar-refractivity contribution in [3.05, 3.63) is 51.7 Å². The van der Waals surface area contributed by atoms with Crippen molar-refractivity contribution < 1.29 is 4.39 Å². The van der Waals surface area contributed by atoms with Crippen LogP contribution >= 0.6 is 11.3 Å². The van der Waals surface area contributed by atoms with Gasteiger partial charge in [0.15, 0.2) is 5.96 Å². The molecule has 0 aliphatic carbocycles. The first-order valence-corrected chi connectivity index (χ1v) is 8.34. The normalized spacial score (nSPS) is 12.3. The zero-order chi connectivity index (χ0) is 16.9. The number of aromatic nitrogens is 1. The van der Waals surface area contributed by atoms with Crippen molar-refractivity contribution in [2.75, 3.05) is 13.6 Å². The van der Waals surface area contributed by atoms with Crippen LogP contribution in [-0.2, 0) is 12.0 Å². The molecule has 0 bridgehead atoms. The fourth-order valence-corrected chi connectivity index (χ4v) is 2.90. The summed E-state index contributed by atoms with van der Waals surface area (Å²) < 4.78 is 13.1. The molecule has 0 aliphatic rings. The lowest BCUT2D eigenvalue weighted by molar-refractivity contribution is 0.507. The SMILES string of the molecule is CN=C(NCc1ncc(C)s1)NCC(C)(C)c1ccc(F)cc1. The maximum absolute atomic E-state index is 13.1. The van der Waals surface area contributed by atoms with E-state index in [1.165, 1.54) is 17.0 Å². The molecule has 0 unspecified atom stereocenters. The third-order valence-corrected chi connectivity index (χ3v) is 4.54. The van der Waals surface area contributed by atoms with E-state index in [4.69, 9.17) is 0 Å². The predicted octanol–water partition coefficient (Wildman–Crippen LogP) is 3.23. The van der Waals surface area contributed by atoms with Gasteiger partial charge in [0, 0.05) is 30.1 Å². The quantitative estimate of drug-likeness (QED) is 0.652. The van der Waals surface area contributed by atoms with Gasteiger partial charge in [0.05, 0.1) is 6.54 Å². The summed E-state index contributed by atoms with van der Waals surface area (Å²) >= 11 is 1.67. The van der Waals surface area contributed by atoms with Gasteiger partial charge in [0.25, 0.3) is 0 Å². The minimum atomic E-state index is -0.214. The third kappa shape index (κ3) is 5.03. The summed E-state index contributed by atoms with van der Waals surface area (Å²) in [5.74, 6) is 0.516.